The molecule has 1 aromatic carbocycles. The zero-order valence-electron chi connectivity index (χ0n) is 9.43. The Kier molecular flexibility index (Phi) is 2.87. The molecule has 0 unspecified atom stereocenters. The summed E-state index contributed by atoms with van der Waals surface area (Å²) in [5, 5.41) is 0. The number of hydrogen-bond donors (Lipinski definition) is 1. The van der Waals surface area contributed by atoms with Crippen molar-refractivity contribution in [3.8, 4) is 0 Å². The lowest BCUT2D eigenvalue weighted by molar-refractivity contribution is 0.0594. The number of methoxy groups -OCH3 is 1. The van der Waals surface area contributed by atoms with Crippen molar-refractivity contribution >= 4 is 5.97 Å². The Morgan fingerprint density at radius 2 is 2.12 bits per heavy atom. The lowest BCUT2D eigenvalue weighted by Gasteiger charge is -2.10. The first-order chi connectivity index (χ1) is 7.95. The van der Waals surface area contributed by atoms with E-state index in [0.717, 1.165) is 26.0 Å². The Labute approximate surface area is 97.6 Å². The Balaban J connectivity index is 2.35. The molecule has 0 heterocycles. The standard InChI is InChI=1S/C12H13F2NO2/c1-17-11(16)8-4-7(5-9(13)10(8)14)6-12(15)2-3-12/h4-5H,2-3,6,15H2,1H3. The molecular formula is C12H13F2NO2. The third-order valence-electron chi connectivity index (χ3n) is 2.94. The van der Waals surface area contributed by atoms with Gasteiger partial charge in [0.1, 0.15) is 0 Å². The number of nitrogens with two attached hydrogens (primary N) is 1. The van der Waals surface area contributed by atoms with E-state index in [1.165, 1.54) is 6.07 Å². The molecule has 0 amide bonds. The molecule has 0 bridgehead atoms. The fourth-order valence-corrected chi connectivity index (χ4v) is 1.75. The van der Waals surface area contributed by atoms with Crippen molar-refractivity contribution in [3.05, 3.63) is 34.9 Å². The number of ether oxygens (including phenoxy) is 1. The minimum absolute atomic E-state index is 0.322. The van der Waals surface area contributed by atoms with Gasteiger partial charge in [-0.15, -0.1) is 0 Å². The van der Waals surface area contributed by atoms with Gasteiger partial charge in [0.05, 0.1) is 12.7 Å². The van der Waals surface area contributed by atoms with Crippen molar-refractivity contribution in [1.29, 1.82) is 0 Å². The third-order valence-corrected chi connectivity index (χ3v) is 2.94. The van der Waals surface area contributed by atoms with E-state index in [2.05, 4.69) is 4.74 Å². The molecule has 92 valence electrons. The van der Waals surface area contributed by atoms with Crippen LogP contribution in [0.5, 0.6) is 0 Å². The van der Waals surface area contributed by atoms with Gasteiger partial charge in [0.15, 0.2) is 11.6 Å². The van der Waals surface area contributed by atoms with Crippen molar-refractivity contribution in [2.75, 3.05) is 7.11 Å². The van der Waals surface area contributed by atoms with Crippen LogP contribution in [0.2, 0.25) is 0 Å². The molecule has 0 radical (unpaired) electrons. The first kappa shape index (κ1) is 12.0. The maximum atomic E-state index is 13.4. The number of halogens is 2. The van der Waals surface area contributed by atoms with E-state index in [1.807, 2.05) is 0 Å². The maximum Gasteiger partial charge on any atom is 0.340 e. The minimum atomic E-state index is -1.18. The monoisotopic (exact) mass is 241 g/mol. The molecule has 0 atom stereocenters. The topological polar surface area (TPSA) is 52.3 Å². The van der Waals surface area contributed by atoms with Crippen LogP contribution in [0.15, 0.2) is 12.1 Å². The summed E-state index contributed by atoms with van der Waals surface area (Å²) < 4.78 is 31.1. The highest BCUT2D eigenvalue weighted by Crippen LogP contribution is 2.36. The van der Waals surface area contributed by atoms with Gasteiger partial charge in [0, 0.05) is 5.54 Å². The average molecular weight is 241 g/mol. The molecule has 2 rings (SSSR count). The highest BCUT2D eigenvalue weighted by Gasteiger charge is 2.38. The van der Waals surface area contributed by atoms with Crippen molar-refractivity contribution < 1.29 is 18.3 Å². The fraction of sp³-hybridized carbons (Fsp3) is 0.417. The van der Waals surface area contributed by atoms with E-state index >= 15 is 0 Å². The van der Waals surface area contributed by atoms with Crippen LogP contribution >= 0.6 is 0 Å². The number of hydrogen-bond acceptors (Lipinski definition) is 3. The summed E-state index contributed by atoms with van der Waals surface area (Å²) in [6.07, 6.45) is 2.16. The normalized spacial score (nSPS) is 16.7. The number of esters is 1. The van der Waals surface area contributed by atoms with Crippen molar-refractivity contribution in [2.45, 2.75) is 24.8 Å². The SMILES string of the molecule is COC(=O)c1cc(CC2(N)CC2)cc(F)c1F. The van der Waals surface area contributed by atoms with Crippen molar-refractivity contribution in [3.63, 3.8) is 0 Å². The van der Waals surface area contributed by atoms with Crippen LogP contribution in [0, 0.1) is 11.6 Å². The summed E-state index contributed by atoms with van der Waals surface area (Å²) in [7, 11) is 1.12. The molecule has 5 heteroatoms. The predicted molar refractivity (Wildman–Crippen MR) is 57.6 cm³/mol. The van der Waals surface area contributed by atoms with Crippen LogP contribution in [0.25, 0.3) is 0 Å². The predicted octanol–water partition coefficient (Wildman–Crippen LogP) is 1.79. The Morgan fingerprint density at radius 1 is 1.47 bits per heavy atom. The zero-order chi connectivity index (χ0) is 12.6. The van der Waals surface area contributed by atoms with Gasteiger partial charge in [-0.05, 0) is 37.0 Å². The van der Waals surface area contributed by atoms with Crippen LogP contribution in [-0.4, -0.2) is 18.6 Å². The maximum absolute atomic E-state index is 13.4. The van der Waals surface area contributed by atoms with Crippen LogP contribution < -0.4 is 5.73 Å². The third kappa shape index (κ3) is 2.44. The smallest absolute Gasteiger partial charge is 0.340 e. The Hall–Kier alpha value is -1.49. The van der Waals surface area contributed by atoms with E-state index in [4.69, 9.17) is 5.73 Å². The van der Waals surface area contributed by atoms with Gasteiger partial charge in [0.2, 0.25) is 0 Å². The fourth-order valence-electron chi connectivity index (χ4n) is 1.75. The van der Waals surface area contributed by atoms with Gasteiger partial charge in [-0.1, -0.05) is 0 Å². The lowest BCUT2D eigenvalue weighted by atomic mass is 10.0. The first-order valence-electron chi connectivity index (χ1n) is 5.30. The number of benzene rings is 1. The lowest BCUT2D eigenvalue weighted by Crippen LogP contribution is -2.25. The Bertz CT molecular complexity index is 470. The first-order valence-corrected chi connectivity index (χ1v) is 5.30. The molecule has 0 aromatic heterocycles. The number of carbonyl (C=O) groups excluding carboxylic acids is 1. The molecular weight excluding hydrogens is 228 g/mol. The van der Waals surface area contributed by atoms with Crippen molar-refractivity contribution in [1.82, 2.24) is 0 Å². The summed E-state index contributed by atoms with van der Waals surface area (Å²) in [6.45, 7) is 0. The minimum Gasteiger partial charge on any atom is -0.465 e. The molecule has 0 saturated heterocycles. The van der Waals surface area contributed by atoms with Crippen LogP contribution in [0.4, 0.5) is 8.78 Å². The van der Waals surface area contributed by atoms with Gasteiger partial charge in [-0.25, -0.2) is 13.6 Å². The molecule has 1 fully saturated rings. The molecule has 1 aliphatic carbocycles. The number of rotatable bonds is 3. The molecule has 1 aromatic rings. The average Bonchev–Trinajstić information content (AvgIpc) is 3.00. The van der Waals surface area contributed by atoms with E-state index in [1.54, 1.807) is 0 Å². The summed E-state index contributed by atoms with van der Waals surface area (Å²) in [4.78, 5) is 11.3. The molecule has 1 aliphatic rings. The van der Waals surface area contributed by atoms with E-state index in [0.29, 0.717) is 12.0 Å². The van der Waals surface area contributed by atoms with E-state index < -0.39 is 17.6 Å². The van der Waals surface area contributed by atoms with Gasteiger partial charge in [-0.2, -0.15) is 0 Å². The largest absolute Gasteiger partial charge is 0.465 e. The summed E-state index contributed by atoms with van der Waals surface area (Å²) >= 11 is 0. The second-order valence-electron chi connectivity index (χ2n) is 4.47. The molecule has 0 aliphatic heterocycles. The molecule has 1 saturated carbocycles. The van der Waals surface area contributed by atoms with E-state index in [9.17, 15) is 13.6 Å². The van der Waals surface area contributed by atoms with E-state index in [-0.39, 0.29) is 11.1 Å². The molecule has 3 nitrogen and oxygen atoms in total. The summed E-state index contributed by atoms with van der Waals surface area (Å²) in [6, 6.07) is 2.38. The highest BCUT2D eigenvalue weighted by atomic mass is 19.2. The number of carbonyl (C=O) groups is 1. The molecule has 2 N–H and O–H groups in total. The van der Waals surface area contributed by atoms with Crippen LogP contribution in [0.3, 0.4) is 0 Å². The Morgan fingerprint density at radius 3 is 2.65 bits per heavy atom. The second-order valence-corrected chi connectivity index (χ2v) is 4.47. The van der Waals surface area contributed by atoms with Crippen LogP contribution in [-0.2, 0) is 11.2 Å². The highest BCUT2D eigenvalue weighted by molar-refractivity contribution is 5.89. The second kappa shape index (κ2) is 4.07. The summed E-state index contributed by atoms with van der Waals surface area (Å²) in [5.41, 5.74) is 5.71. The van der Waals surface area contributed by atoms with Gasteiger partial charge < -0.3 is 10.5 Å². The molecule has 17 heavy (non-hydrogen) atoms. The van der Waals surface area contributed by atoms with Gasteiger partial charge in [-0.3, -0.25) is 0 Å². The van der Waals surface area contributed by atoms with Crippen LogP contribution in [0.1, 0.15) is 28.8 Å². The van der Waals surface area contributed by atoms with Gasteiger partial charge in [0.25, 0.3) is 0 Å². The quantitative estimate of drug-likeness (QED) is 0.821. The summed E-state index contributed by atoms with van der Waals surface area (Å²) in [5.74, 6) is -3.11. The van der Waals surface area contributed by atoms with Crippen molar-refractivity contribution in [2.24, 2.45) is 5.73 Å². The zero-order valence-corrected chi connectivity index (χ0v) is 9.43. The van der Waals surface area contributed by atoms with Gasteiger partial charge >= 0.3 is 5.97 Å². The molecule has 0 spiro atoms.